The Balaban J connectivity index is 1.56. The van der Waals surface area contributed by atoms with Crippen LogP contribution >= 0.6 is 0 Å². The van der Waals surface area contributed by atoms with Crippen LogP contribution in [-0.4, -0.2) is 38.8 Å². The number of fused-ring (bicyclic) bond motifs is 1. The van der Waals surface area contributed by atoms with Crippen LogP contribution in [0.4, 0.5) is 0 Å². The van der Waals surface area contributed by atoms with Crippen molar-refractivity contribution in [2.45, 2.75) is 25.7 Å². The third kappa shape index (κ3) is 3.22. The van der Waals surface area contributed by atoms with Crippen molar-refractivity contribution < 1.29 is 4.79 Å². The van der Waals surface area contributed by atoms with Gasteiger partial charge in [-0.05, 0) is 31.9 Å². The molecule has 5 nitrogen and oxygen atoms in total. The zero-order valence-electron chi connectivity index (χ0n) is 14.2. The fraction of sp³-hybridized carbons (Fsp3) is 0.300. The first-order valence-corrected chi connectivity index (χ1v) is 8.63. The number of benzene rings is 1. The molecule has 0 radical (unpaired) electrons. The number of hydrogen-bond acceptors (Lipinski definition) is 4. The van der Waals surface area contributed by atoms with E-state index in [1.165, 1.54) is 0 Å². The number of pyridine rings is 1. The minimum Gasteiger partial charge on any atom is -0.338 e. The first-order chi connectivity index (χ1) is 12.2. The van der Waals surface area contributed by atoms with Gasteiger partial charge in [-0.2, -0.15) is 0 Å². The number of aromatic nitrogens is 3. The molecule has 0 N–H and O–H groups in total. The quantitative estimate of drug-likeness (QED) is 0.722. The number of likely N-dealkylation sites (tertiary alicyclic amines) is 1. The third-order valence-electron chi connectivity index (χ3n) is 4.74. The van der Waals surface area contributed by atoms with E-state index < -0.39 is 0 Å². The van der Waals surface area contributed by atoms with E-state index in [1.807, 2.05) is 48.4 Å². The summed E-state index contributed by atoms with van der Waals surface area (Å²) < 4.78 is 0. The summed E-state index contributed by atoms with van der Waals surface area (Å²) in [7, 11) is 0. The lowest BCUT2D eigenvalue weighted by molar-refractivity contribution is 0.0705. The molecule has 3 aromatic rings. The fourth-order valence-electron chi connectivity index (χ4n) is 3.45. The molecule has 1 atom stereocenters. The molecule has 1 aliphatic rings. The Morgan fingerprint density at radius 1 is 1.20 bits per heavy atom. The number of rotatable bonds is 2. The van der Waals surface area contributed by atoms with Crippen LogP contribution < -0.4 is 0 Å². The summed E-state index contributed by atoms with van der Waals surface area (Å²) in [6, 6.07) is 9.79. The van der Waals surface area contributed by atoms with Gasteiger partial charge in [0.2, 0.25) is 0 Å². The van der Waals surface area contributed by atoms with Crippen molar-refractivity contribution in [2.24, 2.45) is 0 Å². The number of piperidine rings is 1. The molecule has 1 fully saturated rings. The number of hydrogen-bond donors (Lipinski definition) is 0. The van der Waals surface area contributed by atoms with E-state index in [-0.39, 0.29) is 11.8 Å². The molecule has 0 aliphatic carbocycles. The molecule has 4 rings (SSSR count). The monoisotopic (exact) mass is 332 g/mol. The van der Waals surface area contributed by atoms with Crippen LogP contribution in [0.1, 0.15) is 40.5 Å². The molecule has 1 unspecified atom stereocenters. The normalized spacial score (nSPS) is 17.6. The van der Waals surface area contributed by atoms with Crippen LogP contribution in [0.15, 0.2) is 48.9 Å². The van der Waals surface area contributed by atoms with Crippen molar-refractivity contribution in [3.63, 3.8) is 0 Å². The van der Waals surface area contributed by atoms with Gasteiger partial charge in [0, 0.05) is 43.0 Å². The molecular weight excluding hydrogens is 312 g/mol. The number of carbonyl (C=O) groups excluding carboxylic acids is 1. The van der Waals surface area contributed by atoms with E-state index in [0.717, 1.165) is 41.7 Å². The van der Waals surface area contributed by atoms with E-state index in [0.29, 0.717) is 12.1 Å². The number of carbonyl (C=O) groups is 1. The van der Waals surface area contributed by atoms with Crippen molar-refractivity contribution in [3.8, 4) is 0 Å². The molecule has 1 amide bonds. The van der Waals surface area contributed by atoms with Gasteiger partial charge in [0.15, 0.2) is 0 Å². The van der Waals surface area contributed by atoms with Gasteiger partial charge < -0.3 is 4.90 Å². The summed E-state index contributed by atoms with van der Waals surface area (Å²) in [6.45, 7) is 3.41. The molecule has 5 heteroatoms. The highest BCUT2D eigenvalue weighted by Gasteiger charge is 2.26. The van der Waals surface area contributed by atoms with Gasteiger partial charge in [0.1, 0.15) is 0 Å². The zero-order chi connectivity index (χ0) is 17.2. The summed E-state index contributed by atoms with van der Waals surface area (Å²) in [5.41, 5.74) is 3.45. The second-order valence-corrected chi connectivity index (χ2v) is 6.59. The van der Waals surface area contributed by atoms with Crippen LogP contribution in [0, 0.1) is 6.92 Å². The van der Waals surface area contributed by atoms with Crippen molar-refractivity contribution in [1.29, 1.82) is 0 Å². The number of amides is 1. The predicted molar refractivity (Wildman–Crippen MR) is 96.4 cm³/mol. The van der Waals surface area contributed by atoms with Gasteiger partial charge in [-0.25, -0.2) is 0 Å². The van der Waals surface area contributed by atoms with Crippen LogP contribution in [0.5, 0.6) is 0 Å². The summed E-state index contributed by atoms with van der Waals surface area (Å²) in [5, 5.41) is 0.992. The Hall–Kier alpha value is -2.82. The molecule has 0 spiro atoms. The lowest BCUT2D eigenvalue weighted by atomic mass is 9.94. The molecule has 0 saturated carbocycles. The van der Waals surface area contributed by atoms with Crippen LogP contribution in [0.2, 0.25) is 0 Å². The largest absolute Gasteiger partial charge is 0.338 e. The van der Waals surface area contributed by atoms with Crippen molar-refractivity contribution in [3.05, 3.63) is 65.9 Å². The van der Waals surface area contributed by atoms with Crippen molar-refractivity contribution in [2.75, 3.05) is 13.1 Å². The third-order valence-corrected chi connectivity index (χ3v) is 4.74. The standard InChI is InChI=1S/C20H20N4O/c1-14-10-21-12-19(23-14)16-6-4-8-24(13-16)20(25)17-9-15-5-2-3-7-18(15)22-11-17/h2-3,5,7,9-12,16H,4,6,8,13H2,1H3. The van der Waals surface area contributed by atoms with E-state index >= 15 is 0 Å². The highest BCUT2D eigenvalue weighted by atomic mass is 16.2. The zero-order valence-corrected chi connectivity index (χ0v) is 14.2. The van der Waals surface area contributed by atoms with Gasteiger partial charge in [0.25, 0.3) is 5.91 Å². The summed E-state index contributed by atoms with van der Waals surface area (Å²) >= 11 is 0. The van der Waals surface area contributed by atoms with E-state index in [9.17, 15) is 4.79 Å². The molecular formula is C20H20N4O. The SMILES string of the molecule is Cc1cncc(C2CCCN(C(=O)c3cnc4ccccc4c3)C2)n1. The Labute approximate surface area is 146 Å². The lowest BCUT2D eigenvalue weighted by Gasteiger charge is -2.32. The number of para-hydroxylation sites is 1. The number of aryl methyl sites for hydroxylation is 1. The molecule has 1 aromatic carbocycles. The van der Waals surface area contributed by atoms with Crippen LogP contribution in [-0.2, 0) is 0 Å². The van der Waals surface area contributed by atoms with Gasteiger partial charge >= 0.3 is 0 Å². The van der Waals surface area contributed by atoms with Crippen LogP contribution in [0.25, 0.3) is 10.9 Å². The molecule has 0 bridgehead atoms. The van der Waals surface area contributed by atoms with E-state index in [1.54, 1.807) is 12.4 Å². The topological polar surface area (TPSA) is 59.0 Å². The Bertz CT molecular complexity index is 924. The second-order valence-electron chi connectivity index (χ2n) is 6.59. The Morgan fingerprint density at radius 2 is 2.08 bits per heavy atom. The Morgan fingerprint density at radius 3 is 2.96 bits per heavy atom. The Kier molecular flexibility index (Phi) is 4.14. The van der Waals surface area contributed by atoms with Gasteiger partial charge in [-0.1, -0.05) is 18.2 Å². The summed E-state index contributed by atoms with van der Waals surface area (Å²) in [4.78, 5) is 28.1. The first-order valence-electron chi connectivity index (χ1n) is 8.63. The molecule has 1 aliphatic heterocycles. The molecule has 1 saturated heterocycles. The molecule has 25 heavy (non-hydrogen) atoms. The van der Waals surface area contributed by atoms with E-state index in [2.05, 4.69) is 15.0 Å². The number of nitrogens with zero attached hydrogens (tertiary/aromatic N) is 4. The van der Waals surface area contributed by atoms with E-state index in [4.69, 9.17) is 0 Å². The smallest absolute Gasteiger partial charge is 0.255 e. The molecule has 2 aromatic heterocycles. The highest BCUT2D eigenvalue weighted by molar-refractivity contribution is 5.97. The van der Waals surface area contributed by atoms with Crippen molar-refractivity contribution in [1.82, 2.24) is 19.9 Å². The summed E-state index contributed by atoms with van der Waals surface area (Å²) in [6.07, 6.45) is 7.28. The molecule has 126 valence electrons. The average molecular weight is 332 g/mol. The summed E-state index contributed by atoms with van der Waals surface area (Å²) in [5.74, 6) is 0.294. The maximum Gasteiger partial charge on any atom is 0.255 e. The van der Waals surface area contributed by atoms with Gasteiger partial charge in [-0.3, -0.25) is 19.7 Å². The first kappa shape index (κ1) is 15.7. The average Bonchev–Trinajstić information content (AvgIpc) is 2.67. The maximum atomic E-state index is 12.9. The second kappa shape index (κ2) is 6.59. The predicted octanol–water partition coefficient (Wildman–Crippen LogP) is 3.35. The minimum absolute atomic E-state index is 0.0450. The minimum atomic E-state index is 0.0450. The maximum absolute atomic E-state index is 12.9. The van der Waals surface area contributed by atoms with Crippen LogP contribution in [0.3, 0.4) is 0 Å². The lowest BCUT2D eigenvalue weighted by Crippen LogP contribution is -2.39. The molecule has 3 heterocycles. The van der Waals surface area contributed by atoms with Gasteiger partial charge in [-0.15, -0.1) is 0 Å². The highest BCUT2D eigenvalue weighted by Crippen LogP contribution is 2.26. The van der Waals surface area contributed by atoms with Gasteiger partial charge in [0.05, 0.1) is 22.5 Å². The van der Waals surface area contributed by atoms with Crippen molar-refractivity contribution >= 4 is 16.8 Å². The fourth-order valence-corrected chi connectivity index (χ4v) is 3.45.